The molecule has 10 heteroatoms. The van der Waals surface area contributed by atoms with E-state index in [2.05, 4.69) is 0 Å². The topological polar surface area (TPSA) is 97.1 Å². The average Bonchev–Trinajstić information content (AvgIpc) is 2.80. The highest BCUT2D eigenvalue weighted by atomic mass is 35.5. The number of hydrogen-bond acceptors (Lipinski definition) is 7. The van der Waals surface area contributed by atoms with Gasteiger partial charge in [-0.05, 0) is 35.4 Å². The molecule has 0 saturated heterocycles. The first-order valence-electron chi connectivity index (χ1n) is 10.9. The van der Waals surface area contributed by atoms with E-state index in [0.29, 0.717) is 21.5 Å². The van der Waals surface area contributed by atoms with Gasteiger partial charge in [0.1, 0.15) is 31.2 Å². The minimum Gasteiger partial charge on any atom is -0.490 e. The monoisotopic (exact) mass is 545 g/mol. The lowest BCUT2D eigenvalue weighted by Crippen LogP contribution is -2.31. The summed E-state index contributed by atoms with van der Waals surface area (Å²) >= 11 is 18.8. The van der Waals surface area contributed by atoms with Crippen LogP contribution in [0, 0.1) is 0 Å². The number of rotatable bonds is 12. The van der Waals surface area contributed by atoms with Gasteiger partial charge in [-0.2, -0.15) is 0 Å². The third-order valence-corrected chi connectivity index (χ3v) is 6.15. The van der Waals surface area contributed by atoms with Gasteiger partial charge in [-0.1, -0.05) is 49.2 Å². The molecule has 0 saturated carbocycles. The van der Waals surface area contributed by atoms with Crippen molar-refractivity contribution in [2.45, 2.75) is 45.3 Å². The molecule has 0 bridgehead atoms. The Kier molecular flexibility index (Phi) is 11.0. The maximum Gasteiger partial charge on any atom is 0.303 e. The summed E-state index contributed by atoms with van der Waals surface area (Å²) in [6, 6.07) is 11.1. The van der Waals surface area contributed by atoms with Gasteiger partial charge in [-0.3, -0.25) is 9.59 Å². The first-order chi connectivity index (χ1) is 16.5. The summed E-state index contributed by atoms with van der Waals surface area (Å²) in [5.41, 5.74) is 7.04. The van der Waals surface area contributed by atoms with E-state index < -0.39 is 29.6 Å². The molecule has 2 atom stereocenters. The fourth-order valence-electron chi connectivity index (χ4n) is 3.29. The number of benzene rings is 2. The first-order valence-corrected chi connectivity index (χ1v) is 12.2. The van der Waals surface area contributed by atoms with Crippen molar-refractivity contribution in [2.24, 2.45) is 5.73 Å². The highest BCUT2D eigenvalue weighted by Crippen LogP contribution is 2.40. The lowest BCUT2D eigenvalue weighted by Gasteiger charge is -2.27. The molecule has 2 rings (SSSR count). The number of nitrogens with two attached hydrogens (primary N) is 1. The molecule has 0 radical (unpaired) electrons. The molecule has 192 valence electrons. The zero-order chi connectivity index (χ0) is 26.2. The van der Waals surface area contributed by atoms with Crippen molar-refractivity contribution in [1.82, 2.24) is 0 Å². The number of carbonyl (C=O) groups is 2. The second kappa shape index (κ2) is 13.2. The van der Waals surface area contributed by atoms with Gasteiger partial charge in [0.25, 0.3) is 0 Å². The van der Waals surface area contributed by atoms with Crippen LogP contribution >= 0.6 is 34.8 Å². The highest BCUT2D eigenvalue weighted by molar-refractivity contribution is 6.37. The smallest absolute Gasteiger partial charge is 0.303 e. The largest absolute Gasteiger partial charge is 0.490 e. The van der Waals surface area contributed by atoms with Gasteiger partial charge in [0.05, 0.1) is 15.9 Å². The molecule has 2 N–H and O–H groups in total. The van der Waals surface area contributed by atoms with Crippen LogP contribution in [0.4, 0.5) is 0 Å². The molecule has 0 aromatic heterocycles. The van der Waals surface area contributed by atoms with Crippen LogP contribution in [0.3, 0.4) is 0 Å². The summed E-state index contributed by atoms with van der Waals surface area (Å²) in [4.78, 5) is 22.3. The standard InChI is InChI=1S/C25H30Cl3NO6/c1-15(30)34-20(11-26)13-33-24-22(27)9-18(10-23(24)28)25(3,4)17-5-7-19(8-6-17)32-14-21(12-29)35-16(2)31/h5-10,20-21H,11-14,29H2,1-4H3/t20-,21+/m1/s1. The van der Waals surface area contributed by atoms with E-state index in [1.165, 1.54) is 13.8 Å². The quantitative estimate of drug-likeness (QED) is 0.291. The van der Waals surface area contributed by atoms with Gasteiger partial charge in [0.15, 0.2) is 5.75 Å². The second-order valence-electron chi connectivity index (χ2n) is 8.39. The minimum atomic E-state index is -0.618. The summed E-state index contributed by atoms with van der Waals surface area (Å²) < 4.78 is 21.6. The number of esters is 2. The van der Waals surface area contributed by atoms with Gasteiger partial charge in [0.2, 0.25) is 0 Å². The Morgan fingerprint density at radius 1 is 0.886 bits per heavy atom. The number of halogens is 3. The van der Waals surface area contributed by atoms with Crippen LogP contribution in [0.5, 0.6) is 11.5 Å². The Morgan fingerprint density at radius 2 is 1.40 bits per heavy atom. The van der Waals surface area contributed by atoms with Crippen molar-refractivity contribution in [3.05, 3.63) is 57.6 Å². The predicted octanol–water partition coefficient (Wildman–Crippen LogP) is 5.14. The van der Waals surface area contributed by atoms with Crippen LogP contribution in [-0.2, 0) is 24.5 Å². The van der Waals surface area contributed by atoms with Crippen LogP contribution in [-0.4, -0.2) is 49.8 Å². The van der Waals surface area contributed by atoms with E-state index in [0.717, 1.165) is 11.1 Å². The maximum absolute atomic E-state index is 11.2. The summed E-state index contributed by atoms with van der Waals surface area (Å²) in [6.45, 7) is 7.07. The summed E-state index contributed by atoms with van der Waals surface area (Å²) in [6.07, 6.45) is -1.13. The zero-order valence-corrected chi connectivity index (χ0v) is 22.4. The van der Waals surface area contributed by atoms with Crippen molar-refractivity contribution in [3.8, 4) is 11.5 Å². The molecule has 2 aromatic rings. The highest BCUT2D eigenvalue weighted by Gasteiger charge is 2.26. The Balaban J connectivity index is 2.14. The molecule has 0 amide bonds. The van der Waals surface area contributed by atoms with E-state index in [4.69, 9.17) is 59.5 Å². The van der Waals surface area contributed by atoms with Gasteiger partial charge < -0.3 is 24.7 Å². The molecule has 7 nitrogen and oxygen atoms in total. The Bertz CT molecular complexity index is 990. The van der Waals surface area contributed by atoms with Gasteiger partial charge in [-0.15, -0.1) is 11.6 Å². The lowest BCUT2D eigenvalue weighted by atomic mass is 9.78. The Hall–Kier alpha value is -2.19. The van der Waals surface area contributed by atoms with Crippen molar-refractivity contribution in [3.63, 3.8) is 0 Å². The van der Waals surface area contributed by atoms with Crippen molar-refractivity contribution in [1.29, 1.82) is 0 Å². The van der Waals surface area contributed by atoms with E-state index in [9.17, 15) is 9.59 Å². The van der Waals surface area contributed by atoms with E-state index >= 15 is 0 Å². The number of alkyl halides is 1. The second-order valence-corrected chi connectivity index (χ2v) is 9.52. The third kappa shape index (κ3) is 8.46. The summed E-state index contributed by atoms with van der Waals surface area (Å²) in [7, 11) is 0. The zero-order valence-electron chi connectivity index (χ0n) is 20.1. The first kappa shape index (κ1) is 29.0. The van der Waals surface area contributed by atoms with E-state index in [-0.39, 0.29) is 25.6 Å². The molecule has 0 aliphatic rings. The van der Waals surface area contributed by atoms with Crippen LogP contribution in [0.2, 0.25) is 10.0 Å². The molecular formula is C25H30Cl3NO6. The molecule has 35 heavy (non-hydrogen) atoms. The predicted molar refractivity (Wildman–Crippen MR) is 137 cm³/mol. The normalized spacial score (nSPS) is 13.0. The summed E-state index contributed by atoms with van der Waals surface area (Å²) in [5.74, 6) is 0.139. The fraction of sp³-hybridized carbons (Fsp3) is 0.440. The van der Waals surface area contributed by atoms with Gasteiger partial charge >= 0.3 is 11.9 Å². The number of hydrogen-bond donors (Lipinski definition) is 1. The third-order valence-electron chi connectivity index (χ3n) is 5.25. The SMILES string of the molecule is CC(=O)O[C@H](CCl)COc1c(Cl)cc(C(C)(C)c2ccc(OC[C@H](CN)OC(C)=O)cc2)cc1Cl. The molecule has 0 heterocycles. The average molecular weight is 547 g/mol. The minimum absolute atomic E-state index is 0.0230. The number of carbonyl (C=O) groups excluding carboxylic acids is 2. The van der Waals surface area contributed by atoms with Gasteiger partial charge in [-0.25, -0.2) is 0 Å². The molecule has 0 unspecified atom stereocenters. The van der Waals surface area contributed by atoms with Crippen molar-refractivity contribution in [2.75, 3.05) is 25.6 Å². The molecule has 0 fully saturated rings. The number of ether oxygens (including phenoxy) is 4. The van der Waals surface area contributed by atoms with Crippen LogP contribution < -0.4 is 15.2 Å². The van der Waals surface area contributed by atoms with Crippen LogP contribution in [0.1, 0.15) is 38.8 Å². The van der Waals surface area contributed by atoms with E-state index in [1.54, 1.807) is 12.1 Å². The summed E-state index contributed by atoms with van der Waals surface area (Å²) in [5, 5.41) is 0.657. The van der Waals surface area contributed by atoms with Crippen molar-refractivity contribution >= 4 is 46.7 Å². The van der Waals surface area contributed by atoms with E-state index in [1.807, 2.05) is 38.1 Å². The maximum atomic E-state index is 11.2. The van der Waals surface area contributed by atoms with Crippen LogP contribution in [0.15, 0.2) is 36.4 Å². The van der Waals surface area contributed by atoms with Gasteiger partial charge in [0, 0.05) is 25.8 Å². The van der Waals surface area contributed by atoms with Crippen LogP contribution in [0.25, 0.3) is 0 Å². The molecular weight excluding hydrogens is 517 g/mol. The Morgan fingerprint density at radius 3 is 1.89 bits per heavy atom. The Labute approximate surface area is 220 Å². The lowest BCUT2D eigenvalue weighted by molar-refractivity contribution is -0.147. The fourth-order valence-corrected chi connectivity index (χ4v) is 4.04. The molecule has 2 aromatic carbocycles. The van der Waals surface area contributed by atoms with Crippen molar-refractivity contribution < 1.29 is 28.5 Å². The molecule has 0 aliphatic heterocycles. The molecule has 0 aliphatic carbocycles. The molecule has 0 spiro atoms.